The van der Waals surface area contributed by atoms with Crippen LogP contribution in [0.3, 0.4) is 0 Å². The van der Waals surface area contributed by atoms with Crippen LogP contribution in [0, 0.1) is 24.2 Å². The molecule has 0 bridgehead atoms. The molecule has 37 heavy (non-hydrogen) atoms. The standard InChI is InChI=1S/C26H35ClN10/c1-16-23-10-20(15-37(26(29)32-34-30-2)14-19-8-21(27)11-22(28)9-19)24(31-25(23)35(3)33-16)36(12-17-4-5-17)13-18-6-7-18/h8-11,17-18H,4-7,12-15,28H2,1-3H3,(H2,29,30,32). The molecule has 2 aromatic heterocycles. The Bertz CT molecular complexity index is 1290. The minimum Gasteiger partial charge on any atom is -0.399 e. The van der Waals surface area contributed by atoms with Gasteiger partial charge in [-0.15, -0.1) is 0 Å². The third-order valence-electron chi connectivity index (χ3n) is 6.96. The molecule has 11 heteroatoms. The van der Waals surface area contributed by atoms with Gasteiger partial charge in [0, 0.05) is 61.9 Å². The van der Waals surface area contributed by atoms with Crippen LogP contribution in [0.15, 0.2) is 34.6 Å². The lowest BCUT2D eigenvalue weighted by molar-refractivity contribution is 0.395. The van der Waals surface area contributed by atoms with E-state index in [4.69, 9.17) is 27.7 Å². The summed E-state index contributed by atoms with van der Waals surface area (Å²) in [6.07, 6.45) is 5.11. The summed E-state index contributed by atoms with van der Waals surface area (Å²) in [6.45, 7) is 4.88. The van der Waals surface area contributed by atoms with Gasteiger partial charge in [-0.2, -0.15) is 5.10 Å². The summed E-state index contributed by atoms with van der Waals surface area (Å²) in [7, 11) is 3.61. The van der Waals surface area contributed by atoms with Crippen LogP contribution in [0.5, 0.6) is 0 Å². The normalized spacial score (nSPS) is 15.5. The fourth-order valence-corrected chi connectivity index (χ4v) is 5.06. The molecule has 196 valence electrons. The number of pyridine rings is 1. The summed E-state index contributed by atoms with van der Waals surface area (Å²) in [5.74, 6) is 2.47. The van der Waals surface area contributed by atoms with Crippen molar-refractivity contribution < 1.29 is 0 Å². The van der Waals surface area contributed by atoms with Gasteiger partial charge in [0.1, 0.15) is 5.82 Å². The van der Waals surface area contributed by atoms with Crippen LogP contribution in [0.25, 0.3) is 11.0 Å². The van der Waals surface area contributed by atoms with Gasteiger partial charge in [0.05, 0.1) is 5.69 Å². The predicted octanol–water partition coefficient (Wildman–Crippen LogP) is 4.66. The minimum absolute atomic E-state index is 0.0396. The lowest BCUT2D eigenvalue weighted by Crippen LogP contribution is -2.33. The summed E-state index contributed by atoms with van der Waals surface area (Å²) < 4.78 is 1.86. The Kier molecular flexibility index (Phi) is 7.19. The molecular weight excluding hydrogens is 488 g/mol. The molecule has 10 nitrogen and oxygen atoms in total. The number of hydrogen-bond donors (Lipinski definition) is 3. The monoisotopic (exact) mass is 522 g/mol. The topological polar surface area (TPSA) is 124 Å². The van der Waals surface area contributed by atoms with Crippen molar-refractivity contribution in [3.8, 4) is 0 Å². The van der Waals surface area contributed by atoms with Gasteiger partial charge in [-0.3, -0.25) is 15.5 Å². The van der Waals surface area contributed by atoms with Crippen molar-refractivity contribution in [3.05, 3.63) is 46.1 Å². The minimum atomic E-state index is 0.0396. The Hall–Kier alpha value is -3.40. The number of aromatic nitrogens is 3. The Morgan fingerprint density at radius 3 is 2.49 bits per heavy atom. The van der Waals surface area contributed by atoms with Crippen molar-refractivity contribution in [1.29, 1.82) is 5.41 Å². The van der Waals surface area contributed by atoms with Gasteiger partial charge in [0.25, 0.3) is 0 Å². The zero-order valence-corrected chi connectivity index (χ0v) is 22.5. The average Bonchev–Trinajstić information content (AvgIpc) is 3.78. The van der Waals surface area contributed by atoms with Crippen molar-refractivity contribution in [1.82, 2.24) is 25.1 Å². The van der Waals surface area contributed by atoms with Gasteiger partial charge < -0.3 is 15.5 Å². The van der Waals surface area contributed by atoms with E-state index in [1.54, 1.807) is 13.1 Å². The second-order valence-corrected chi connectivity index (χ2v) is 10.8. The highest BCUT2D eigenvalue weighted by Crippen LogP contribution is 2.37. The zero-order chi connectivity index (χ0) is 26.1. The molecule has 4 N–H and O–H groups in total. The van der Waals surface area contributed by atoms with Crippen LogP contribution in [-0.2, 0) is 20.1 Å². The molecule has 3 aromatic rings. The highest BCUT2D eigenvalue weighted by molar-refractivity contribution is 6.30. The first-order valence-corrected chi connectivity index (χ1v) is 13.2. The third-order valence-corrected chi connectivity index (χ3v) is 7.18. The van der Waals surface area contributed by atoms with E-state index in [9.17, 15) is 0 Å². The van der Waals surface area contributed by atoms with Crippen molar-refractivity contribution in [2.45, 2.75) is 45.7 Å². The quantitative estimate of drug-likeness (QED) is 0.117. The SMILES string of the molecule is CN/N=N\C(=N)N(Cc1cc(N)cc(Cl)c1)Cc1cc2c(C)nn(C)c2nc1N(CC1CC1)CC1CC1. The fraction of sp³-hybridized carbons (Fsp3) is 0.500. The molecule has 0 atom stereocenters. The Morgan fingerprint density at radius 1 is 1.16 bits per heavy atom. The van der Waals surface area contributed by atoms with Gasteiger partial charge in [-0.25, -0.2) is 4.98 Å². The number of benzene rings is 1. The number of nitrogen functional groups attached to an aromatic ring is 1. The number of halogens is 1. The molecule has 0 spiro atoms. The molecule has 2 aliphatic rings. The summed E-state index contributed by atoms with van der Waals surface area (Å²) in [5.41, 5.74) is 13.0. The molecule has 1 aromatic carbocycles. The maximum Gasteiger partial charge on any atom is 0.240 e. The smallest absolute Gasteiger partial charge is 0.240 e. The van der Waals surface area contributed by atoms with Crippen LogP contribution >= 0.6 is 11.6 Å². The molecule has 2 fully saturated rings. The first kappa shape index (κ1) is 25.3. The molecule has 0 unspecified atom stereocenters. The number of nitrogens with zero attached hydrogens (tertiary/aromatic N) is 7. The third kappa shape index (κ3) is 6.12. The predicted molar refractivity (Wildman–Crippen MR) is 148 cm³/mol. The number of guanidine groups is 1. The average molecular weight is 523 g/mol. The molecule has 2 saturated carbocycles. The van der Waals surface area contributed by atoms with Crippen LogP contribution in [0.1, 0.15) is 42.5 Å². The number of hydrogen-bond acceptors (Lipinski definition) is 6. The lowest BCUT2D eigenvalue weighted by Gasteiger charge is -2.29. The maximum atomic E-state index is 8.70. The zero-order valence-electron chi connectivity index (χ0n) is 21.7. The number of nitrogens with two attached hydrogens (primary N) is 1. The van der Waals surface area contributed by atoms with Gasteiger partial charge in [0.2, 0.25) is 5.96 Å². The number of rotatable bonds is 10. The number of fused-ring (bicyclic) bond motifs is 1. The van der Waals surface area contributed by atoms with Crippen molar-refractivity contribution in [2.75, 3.05) is 30.8 Å². The number of aryl methyl sites for hydroxylation is 2. The first-order valence-electron chi connectivity index (χ1n) is 12.8. The summed E-state index contributed by atoms with van der Waals surface area (Å²) in [4.78, 5) is 9.53. The van der Waals surface area contributed by atoms with E-state index < -0.39 is 0 Å². The van der Waals surface area contributed by atoms with Gasteiger partial charge >= 0.3 is 0 Å². The van der Waals surface area contributed by atoms with Gasteiger partial charge in [-0.05, 0) is 74.3 Å². The Balaban J connectivity index is 1.55. The first-order chi connectivity index (χ1) is 17.8. The second-order valence-electron chi connectivity index (χ2n) is 10.3. The molecule has 0 amide bonds. The van der Waals surface area contributed by atoms with Crippen molar-refractivity contribution in [2.24, 2.45) is 29.2 Å². The van der Waals surface area contributed by atoms with Crippen LogP contribution < -0.4 is 16.1 Å². The van der Waals surface area contributed by atoms with Crippen LogP contribution in [0.2, 0.25) is 5.02 Å². The molecule has 2 heterocycles. The highest BCUT2D eigenvalue weighted by Gasteiger charge is 2.32. The Morgan fingerprint density at radius 2 is 1.86 bits per heavy atom. The fourth-order valence-electron chi connectivity index (χ4n) is 4.80. The van der Waals surface area contributed by atoms with E-state index in [0.717, 1.165) is 58.6 Å². The van der Waals surface area contributed by atoms with Crippen molar-refractivity contribution >= 4 is 40.1 Å². The molecular formula is C26H35ClN10. The van der Waals surface area contributed by atoms with E-state index >= 15 is 0 Å². The molecule has 5 rings (SSSR count). The van der Waals surface area contributed by atoms with Gasteiger partial charge in [-0.1, -0.05) is 21.9 Å². The summed E-state index contributed by atoms with van der Waals surface area (Å²) >= 11 is 6.29. The van der Waals surface area contributed by atoms with E-state index in [1.165, 1.54) is 25.7 Å². The highest BCUT2D eigenvalue weighted by atomic mass is 35.5. The largest absolute Gasteiger partial charge is 0.399 e. The van der Waals surface area contributed by atoms with E-state index in [-0.39, 0.29) is 5.96 Å². The summed E-state index contributed by atoms with van der Waals surface area (Å²) in [5, 5.41) is 22.8. The van der Waals surface area contributed by atoms with E-state index in [0.29, 0.717) is 23.8 Å². The van der Waals surface area contributed by atoms with Gasteiger partial charge in [0.15, 0.2) is 5.65 Å². The molecule has 0 saturated heterocycles. The lowest BCUT2D eigenvalue weighted by atomic mass is 10.1. The van der Waals surface area contributed by atoms with Crippen LogP contribution in [0.4, 0.5) is 11.5 Å². The Labute approximate surface area is 222 Å². The maximum absolute atomic E-state index is 8.70. The number of anilines is 2. The molecule has 0 radical (unpaired) electrons. The molecule has 2 aliphatic carbocycles. The molecule has 0 aliphatic heterocycles. The van der Waals surface area contributed by atoms with E-state index in [1.807, 2.05) is 35.7 Å². The van der Waals surface area contributed by atoms with E-state index in [2.05, 4.69) is 31.8 Å². The van der Waals surface area contributed by atoms with Crippen molar-refractivity contribution in [3.63, 3.8) is 0 Å². The van der Waals surface area contributed by atoms with Crippen LogP contribution in [-0.4, -0.2) is 45.8 Å². The number of nitrogens with one attached hydrogen (secondary N) is 2. The summed E-state index contributed by atoms with van der Waals surface area (Å²) in [6, 6.07) is 7.65. The second kappa shape index (κ2) is 10.5.